The van der Waals surface area contributed by atoms with E-state index in [1.54, 1.807) is 24.3 Å². The molecule has 8 nitrogen and oxygen atoms in total. The van der Waals surface area contributed by atoms with E-state index in [1.165, 1.54) is 0 Å². The molecule has 9 heteroatoms. The Bertz CT molecular complexity index is 806. The van der Waals surface area contributed by atoms with Crippen molar-refractivity contribution in [3.63, 3.8) is 0 Å². The van der Waals surface area contributed by atoms with E-state index in [-0.39, 0.29) is 5.82 Å². The lowest BCUT2D eigenvalue weighted by Gasteiger charge is -2.16. The Morgan fingerprint density at radius 1 is 1.30 bits per heavy atom. The summed E-state index contributed by atoms with van der Waals surface area (Å²) in [5.74, 6) is -2.73. The zero-order valence-corrected chi connectivity index (χ0v) is 10.7. The predicted molar refractivity (Wildman–Crippen MR) is 65.0 cm³/mol. The molecule has 0 amide bonds. The number of benzene rings is 1. The standard InChI is InChI=1S/C11H8N2O6S/c14-8-5-11(10(15)19-8,20(16,17)18)9-12-6-3-1-2-4-7(6)13-9/h1-4H,5H2,(H,12,13)(H,16,17,18). The van der Waals surface area contributed by atoms with Crippen molar-refractivity contribution in [3.05, 3.63) is 30.1 Å². The van der Waals surface area contributed by atoms with Gasteiger partial charge in [-0.3, -0.25) is 9.35 Å². The number of aromatic nitrogens is 2. The zero-order chi connectivity index (χ0) is 14.5. The van der Waals surface area contributed by atoms with Crippen molar-refractivity contribution in [2.75, 3.05) is 0 Å². The third kappa shape index (κ3) is 1.57. The molecule has 0 radical (unpaired) electrons. The Labute approximate surface area is 112 Å². The maximum absolute atomic E-state index is 11.8. The second kappa shape index (κ2) is 3.87. The van der Waals surface area contributed by atoms with Crippen LogP contribution in [0.1, 0.15) is 12.2 Å². The van der Waals surface area contributed by atoms with E-state index in [0.29, 0.717) is 11.0 Å². The van der Waals surface area contributed by atoms with Gasteiger partial charge in [-0.25, -0.2) is 9.78 Å². The highest BCUT2D eigenvalue weighted by Crippen LogP contribution is 2.38. The fourth-order valence-electron chi connectivity index (χ4n) is 2.14. The van der Waals surface area contributed by atoms with Gasteiger partial charge in [0.15, 0.2) is 0 Å². The summed E-state index contributed by atoms with van der Waals surface area (Å²) in [6.45, 7) is 0. The molecule has 2 aromatic rings. The van der Waals surface area contributed by atoms with E-state index in [0.717, 1.165) is 0 Å². The van der Waals surface area contributed by atoms with Gasteiger partial charge in [0.05, 0.1) is 17.5 Å². The Morgan fingerprint density at radius 3 is 2.55 bits per heavy atom. The number of imidazole rings is 1. The van der Waals surface area contributed by atoms with Crippen LogP contribution in [0.5, 0.6) is 0 Å². The fourth-order valence-corrected chi connectivity index (χ4v) is 3.03. The number of nitrogens with zero attached hydrogens (tertiary/aromatic N) is 1. The zero-order valence-electron chi connectivity index (χ0n) is 9.86. The maximum Gasteiger partial charge on any atom is 0.346 e. The number of rotatable bonds is 2. The molecule has 104 valence electrons. The molecular weight excluding hydrogens is 288 g/mol. The Kier molecular flexibility index (Phi) is 2.47. The molecule has 1 atom stereocenters. The molecule has 2 heterocycles. The smallest absolute Gasteiger partial charge is 0.346 e. The van der Waals surface area contributed by atoms with Crippen LogP contribution in [0, 0.1) is 0 Å². The van der Waals surface area contributed by atoms with Gasteiger partial charge in [-0.1, -0.05) is 12.1 Å². The van der Waals surface area contributed by atoms with Crippen LogP contribution in [0.3, 0.4) is 0 Å². The van der Waals surface area contributed by atoms with Gasteiger partial charge in [-0.15, -0.1) is 0 Å². The summed E-state index contributed by atoms with van der Waals surface area (Å²) in [6, 6.07) is 6.56. The van der Waals surface area contributed by atoms with Crippen LogP contribution >= 0.6 is 0 Å². The van der Waals surface area contributed by atoms with Crippen molar-refractivity contribution in [1.82, 2.24) is 9.97 Å². The van der Waals surface area contributed by atoms with Crippen molar-refractivity contribution in [2.45, 2.75) is 11.2 Å². The van der Waals surface area contributed by atoms with Crippen LogP contribution in [-0.2, 0) is 29.2 Å². The van der Waals surface area contributed by atoms with E-state index in [4.69, 9.17) is 0 Å². The summed E-state index contributed by atoms with van der Waals surface area (Å²) in [4.78, 5) is 29.6. The number of fused-ring (bicyclic) bond motifs is 1. The number of carbonyl (C=O) groups excluding carboxylic acids is 2. The normalized spacial score (nSPS) is 23.2. The Balaban J connectivity index is 2.31. The van der Waals surface area contributed by atoms with E-state index in [1.807, 2.05) is 0 Å². The SMILES string of the molecule is O=C1CC(c2nc3ccccc3[nH]2)(S(=O)(=O)O)C(=O)O1. The van der Waals surface area contributed by atoms with Crippen LogP contribution in [0.15, 0.2) is 24.3 Å². The van der Waals surface area contributed by atoms with Gasteiger partial charge in [0, 0.05) is 0 Å². The lowest BCUT2D eigenvalue weighted by molar-refractivity contribution is -0.152. The van der Waals surface area contributed by atoms with Gasteiger partial charge < -0.3 is 9.72 Å². The second-order valence-corrected chi connectivity index (χ2v) is 5.99. The minimum Gasteiger partial charge on any atom is -0.391 e. The number of nitrogens with one attached hydrogen (secondary N) is 1. The molecule has 0 saturated carbocycles. The molecule has 1 saturated heterocycles. The topological polar surface area (TPSA) is 126 Å². The number of hydrogen-bond donors (Lipinski definition) is 2. The highest BCUT2D eigenvalue weighted by molar-refractivity contribution is 7.87. The fraction of sp³-hybridized carbons (Fsp3) is 0.182. The number of cyclic esters (lactones) is 2. The average molecular weight is 296 g/mol. The van der Waals surface area contributed by atoms with Crippen molar-refractivity contribution < 1.29 is 27.3 Å². The van der Waals surface area contributed by atoms with E-state index in [2.05, 4.69) is 14.7 Å². The summed E-state index contributed by atoms with van der Waals surface area (Å²) in [5, 5.41) is 0. The van der Waals surface area contributed by atoms with Crippen molar-refractivity contribution in [1.29, 1.82) is 0 Å². The average Bonchev–Trinajstić information content (AvgIpc) is 2.89. The predicted octanol–water partition coefficient (Wildman–Crippen LogP) is 0.119. The summed E-state index contributed by atoms with van der Waals surface area (Å²) in [7, 11) is -4.94. The first-order valence-corrected chi connectivity index (χ1v) is 6.96. The molecule has 20 heavy (non-hydrogen) atoms. The van der Waals surface area contributed by atoms with Gasteiger partial charge in [0.25, 0.3) is 14.9 Å². The largest absolute Gasteiger partial charge is 0.391 e. The number of para-hydroxylation sites is 2. The molecular formula is C11H8N2O6S. The van der Waals surface area contributed by atoms with Crippen LogP contribution in [0.2, 0.25) is 0 Å². The number of H-pyrrole nitrogens is 1. The summed E-state index contributed by atoms with van der Waals surface area (Å²) in [5.41, 5.74) is 0.871. The highest BCUT2D eigenvalue weighted by Gasteiger charge is 2.62. The van der Waals surface area contributed by atoms with Crippen LogP contribution in [-0.4, -0.2) is 34.9 Å². The highest BCUT2D eigenvalue weighted by atomic mass is 32.2. The number of esters is 2. The summed E-state index contributed by atoms with van der Waals surface area (Å²) < 4.78 is 34.4. The second-order valence-electron chi connectivity index (χ2n) is 4.34. The minimum absolute atomic E-state index is 0.336. The molecule has 0 bridgehead atoms. The maximum atomic E-state index is 11.8. The molecule has 2 N–H and O–H groups in total. The van der Waals surface area contributed by atoms with Crippen molar-refractivity contribution in [3.8, 4) is 0 Å². The van der Waals surface area contributed by atoms with Gasteiger partial charge in [0.2, 0.25) is 0 Å². The molecule has 1 unspecified atom stereocenters. The summed E-state index contributed by atoms with van der Waals surface area (Å²) in [6.07, 6.45) is -0.815. The van der Waals surface area contributed by atoms with E-state index < -0.39 is 33.2 Å². The molecule has 1 aromatic heterocycles. The molecule has 0 aliphatic carbocycles. The first-order chi connectivity index (χ1) is 9.34. The molecule has 0 spiro atoms. The van der Waals surface area contributed by atoms with Crippen LogP contribution in [0.25, 0.3) is 11.0 Å². The van der Waals surface area contributed by atoms with E-state index >= 15 is 0 Å². The number of ether oxygens (including phenoxy) is 1. The molecule has 1 aliphatic rings. The van der Waals surface area contributed by atoms with Crippen molar-refractivity contribution in [2.24, 2.45) is 0 Å². The minimum atomic E-state index is -4.94. The first-order valence-electron chi connectivity index (χ1n) is 5.52. The molecule has 1 aromatic carbocycles. The quantitative estimate of drug-likeness (QED) is 0.458. The van der Waals surface area contributed by atoms with Gasteiger partial charge in [-0.2, -0.15) is 8.42 Å². The van der Waals surface area contributed by atoms with Crippen LogP contribution < -0.4 is 0 Å². The van der Waals surface area contributed by atoms with Gasteiger partial charge in [-0.05, 0) is 12.1 Å². The van der Waals surface area contributed by atoms with E-state index in [9.17, 15) is 22.6 Å². The van der Waals surface area contributed by atoms with Crippen molar-refractivity contribution >= 4 is 33.1 Å². The third-order valence-electron chi connectivity index (χ3n) is 3.14. The number of hydrogen-bond acceptors (Lipinski definition) is 6. The Hall–Kier alpha value is -2.26. The summed E-state index contributed by atoms with van der Waals surface area (Å²) >= 11 is 0. The molecule has 3 rings (SSSR count). The molecule has 1 fully saturated rings. The lowest BCUT2D eigenvalue weighted by atomic mass is 10.1. The monoisotopic (exact) mass is 296 g/mol. The Morgan fingerprint density at radius 2 is 2.00 bits per heavy atom. The van der Waals surface area contributed by atoms with Crippen LogP contribution in [0.4, 0.5) is 0 Å². The van der Waals surface area contributed by atoms with Gasteiger partial charge in [0.1, 0.15) is 5.82 Å². The first kappa shape index (κ1) is 12.8. The molecule has 1 aliphatic heterocycles. The third-order valence-corrected chi connectivity index (χ3v) is 4.53. The number of carbonyl (C=O) groups is 2. The lowest BCUT2D eigenvalue weighted by Crippen LogP contribution is -2.41. The van der Waals surface area contributed by atoms with Gasteiger partial charge >= 0.3 is 11.9 Å². The number of aromatic amines is 1.